The molecule has 2 aliphatic rings. The number of thioether (sulfide) groups is 1. The van der Waals surface area contributed by atoms with Crippen LogP contribution in [0, 0.1) is 24.6 Å². The van der Waals surface area contributed by atoms with Crippen molar-refractivity contribution in [2.75, 3.05) is 0 Å². The van der Waals surface area contributed by atoms with Crippen LogP contribution in [0.3, 0.4) is 0 Å². The van der Waals surface area contributed by atoms with Crippen LogP contribution in [0.4, 0.5) is 0 Å². The SMILES string of the molecule is CC(=O)C=C(C)O.CC(=O)C=C(C)O.CC(=O)C=C(C)O.CCc1c2[n-]c(c1CC)C=c1[n-]c(c(CC)c1CC)=Cc1[n-]c(c(CC)c1CC)C=c1[n-]c(c(CC)c1CC)=C2.[Ir].[Ir].[Ir].[Ir].[Pt+4].[c-]1ccccc1-c1ccc2ccccc2n1.[c-]1ccccc1-c1nccc2ccccc12.[c-]1ccccc1-c1nccc2ccccc12.c1ccc(C2[CH-]c3ccccc3S2)nc1. The van der Waals surface area contributed by atoms with Gasteiger partial charge in [0.25, 0.3) is 0 Å². The minimum atomic E-state index is -0.125. The van der Waals surface area contributed by atoms with E-state index in [1.54, 1.807) is 0 Å². The van der Waals surface area contributed by atoms with E-state index in [0.717, 1.165) is 141 Å². The molecule has 676 valence electrons. The predicted molar refractivity (Wildman–Crippen MR) is 509 cm³/mol. The first-order chi connectivity index (χ1) is 60.1. The van der Waals surface area contributed by atoms with Crippen molar-refractivity contribution >= 4 is 85.9 Å². The van der Waals surface area contributed by atoms with E-state index in [9.17, 15) is 14.4 Å². The van der Waals surface area contributed by atoms with Crippen molar-refractivity contribution in [3.05, 3.63) is 391 Å². The summed E-state index contributed by atoms with van der Waals surface area (Å²) in [5.41, 5.74) is 24.5. The Labute approximate surface area is 832 Å². The van der Waals surface area contributed by atoms with Gasteiger partial charge in [0.05, 0.1) is 22.8 Å². The summed E-state index contributed by atoms with van der Waals surface area (Å²) >= 11 is 1.87. The summed E-state index contributed by atoms with van der Waals surface area (Å²) in [7, 11) is 0. The number of nitrogens with zero attached hydrogens (tertiary/aromatic N) is 8. The molecule has 0 fully saturated rings. The molecule has 15 aromatic rings. The molecule has 0 spiro atoms. The maximum absolute atomic E-state index is 10.0. The Morgan fingerprint density at radius 2 is 0.721 bits per heavy atom. The Kier molecular flexibility index (Phi) is 47.1. The van der Waals surface area contributed by atoms with Crippen molar-refractivity contribution in [1.29, 1.82) is 0 Å². The van der Waals surface area contributed by atoms with E-state index in [4.69, 9.17) is 35.3 Å². The van der Waals surface area contributed by atoms with Crippen molar-refractivity contribution in [3.63, 3.8) is 0 Å². The molecule has 0 aliphatic carbocycles. The zero-order valence-electron chi connectivity index (χ0n) is 75.0. The summed E-state index contributed by atoms with van der Waals surface area (Å²) in [5.74, 6) is -0.187. The predicted octanol–water partition coefficient (Wildman–Crippen LogP) is 21.3. The first kappa shape index (κ1) is 109. The van der Waals surface area contributed by atoms with Crippen molar-refractivity contribution < 1.29 is 131 Å². The average molecular weight is 2620 g/mol. The monoisotopic (exact) mass is 2620 g/mol. The fourth-order valence-electron chi connectivity index (χ4n) is 15.1. The Bertz CT molecular complexity index is 6020. The van der Waals surface area contributed by atoms with Gasteiger partial charge in [-0.25, -0.2) is 0 Å². The smallest absolute Gasteiger partial charge is 0.657 e. The summed E-state index contributed by atoms with van der Waals surface area (Å²) in [4.78, 5) is 70.3. The number of hydrogen-bond acceptors (Lipinski definition) is 11. The van der Waals surface area contributed by atoms with Gasteiger partial charge in [0.2, 0.25) is 0 Å². The molecule has 129 heavy (non-hydrogen) atoms. The number of aliphatic hydroxyl groups is 3. The van der Waals surface area contributed by atoms with E-state index >= 15 is 0 Å². The minimum Gasteiger partial charge on any atom is -0.657 e. The van der Waals surface area contributed by atoms with Crippen LogP contribution >= 0.6 is 11.8 Å². The maximum atomic E-state index is 10.0. The molecule has 20 heteroatoms. The second-order valence-corrected chi connectivity index (χ2v) is 30.6. The standard InChI is InChI=1S/C36H44N4.3C15H10N.C13H10NS.3C5H8O2.4Ir.Pt/c1-9-21-22(10-2)30-18-32-25(13-5)26(14-6)34(39-32)20-36-28(16-8)27(15-7)35(40-36)19-33-24(12-4)23(11-3)31(38-33)17-29(21)37-30;2*1-2-7-13(8-3-1)15-14-9-5-4-6-12(14)10-11-16-15;1-2-6-12(7-3-1)15-11-10-13-8-4-5-9-14(13)16-15;1-2-7-12-10(5-1)9-13(15-12)11-6-3-4-8-14-11;3*1-4(6)3-5(2)7;;;;;/h17-20H,9-16H2,1-8H3;2*1-7,9-11H;1-6,8-11H;1-9,13H;3*3,6H,1-2H3;;;;;/q-4;4*-1;;;;;;;;+4. The van der Waals surface area contributed by atoms with Gasteiger partial charge >= 0.3 is 21.1 Å². The number of hydrogen-bond donors (Lipinski definition) is 3. The Morgan fingerprint density at radius 1 is 0.372 bits per heavy atom. The van der Waals surface area contributed by atoms with Gasteiger partial charge in [0, 0.05) is 128 Å². The summed E-state index contributed by atoms with van der Waals surface area (Å²) < 4.78 is 0. The molecule has 1 unspecified atom stereocenters. The summed E-state index contributed by atoms with van der Waals surface area (Å²) in [6.07, 6.45) is 27.9. The number of rotatable bonds is 15. The molecule has 7 aromatic carbocycles. The molecule has 0 saturated heterocycles. The molecular formula is C109H108Ir4N8O6PtS-4. The molecule has 17 rings (SSSR count). The quantitative estimate of drug-likeness (QED) is 0.0494. The number of carbonyl (C=O) groups is 3. The molecule has 8 aromatic heterocycles. The van der Waals surface area contributed by atoms with E-state index in [1.165, 1.54) is 142 Å². The number of carbonyl (C=O) groups excluding carboxylic acids is 3. The molecular weight excluding hydrogens is 2510 g/mol. The summed E-state index contributed by atoms with van der Waals surface area (Å²) in [6, 6.07) is 80.8. The minimum absolute atomic E-state index is 0. The van der Waals surface area contributed by atoms with Gasteiger partial charge in [0.15, 0.2) is 17.3 Å². The third-order valence-corrected chi connectivity index (χ3v) is 21.7. The number of ketones is 3. The number of aromatic nitrogens is 8. The molecule has 0 amide bonds. The normalized spacial score (nSPS) is 11.8. The largest absolute Gasteiger partial charge is 4.00 e. The first-order valence-corrected chi connectivity index (χ1v) is 43.2. The van der Waals surface area contributed by atoms with Crippen LogP contribution in [-0.4, -0.2) is 52.6 Å². The van der Waals surface area contributed by atoms with Crippen LogP contribution in [-0.2, 0) is 167 Å². The van der Waals surface area contributed by atoms with Gasteiger partial charge in [-0.15, -0.1) is 164 Å². The molecule has 0 saturated carbocycles. The van der Waals surface area contributed by atoms with Crippen molar-refractivity contribution in [3.8, 4) is 33.8 Å². The second kappa shape index (κ2) is 55.6. The van der Waals surface area contributed by atoms with Gasteiger partial charge in [-0.3, -0.25) is 24.4 Å². The summed E-state index contributed by atoms with van der Waals surface area (Å²) in [5, 5.41) is 35.6. The molecule has 10 heterocycles. The second-order valence-electron chi connectivity index (χ2n) is 29.4. The van der Waals surface area contributed by atoms with Crippen LogP contribution in [0.15, 0.2) is 271 Å². The third-order valence-electron chi connectivity index (χ3n) is 20.4. The molecule has 1 atom stereocenters. The Morgan fingerprint density at radius 3 is 1.06 bits per heavy atom. The maximum Gasteiger partial charge on any atom is 4.00 e. The number of fused-ring (bicyclic) bond motifs is 12. The Balaban J connectivity index is 0.000000281. The van der Waals surface area contributed by atoms with Crippen molar-refractivity contribution in [2.45, 2.75) is 158 Å². The van der Waals surface area contributed by atoms with Gasteiger partial charge in [-0.1, -0.05) is 220 Å². The van der Waals surface area contributed by atoms with Gasteiger partial charge in [-0.05, 0) is 167 Å². The molecule has 14 nitrogen and oxygen atoms in total. The van der Waals surface area contributed by atoms with Crippen molar-refractivity contribution in [1.82, 2.24) is 39.9 Å². The van der Waals surface area contributed by atoms with Crippen molar-refractivity contribution in [2.24, 2.45) is 0 Å². The van der Waals surface area contributed by atoms with Crippen LogP contribution in [0.1, 0.15) is 181 Å². The molecule has 2 aliphatic heterocycles. The number of pyridine rings is 4. The number of benzene rings is 7. The van der Waals surface area contributed by atoms with Crippen LogP contribution in [0.2, 0.25) is 0 Å². The van der Waals surface area contributed by atoms with E-state index in [0.29, 0.717) is 5.25 Å². The molecule has 4 radical (unpaired) electrons. The van der Waals surface area contributed by atoms with Crippen LogP contribution in [0.25, 0.3) is 90.5 Å². The zero-order chi connectivity index (χ0) is 88.6. The molecule has 3 N–H and O–H groups in total. The number of allylic oxidation sites excluding steroid dienone is 6. The van der Waals surface area contributed by atoms with E-state index in [-0.39, 0.29) is 136 Å². The van der Waals surface area contributed by atoms with Gasteiger partial charge in [0.1, 0.15) is 0 Å². The van der Waals surface area contributed by atoms with E-state index in [1.807, 2.05) is 176 Å². The van der Waals surface area contributed by atoms with Gasteiger partial charge in [-0.2, -0.15) is 29.8 Å². The average Bonchev–Trinajstić information content (AvgIpc) is 1.63. The third kappa shape index (κ3) is 30.6. The van der Waals surface area contributed by atoms with Crippen LogP contribution in [0.5, 0.6) is 0 Å². The van der Waals surface area contributed by atoms with E-state index in [2.05, 4.69) is 191 Å². The number of aliphatic hydroxyl groups excluding tert-OH is 3. The summed E-state index contributed by atoms with van der Waals surface area (Å²) in [6.45, 7) is 26.5. The topological polar surface area (TPSA) is 220 Å². The fraction of sp³-hybridized carbons (Fsp3) is 0.211. The fourth-order valence-corrected chi connectivity index (χ4v) is 16.3. The molecule has 8 bridgehead atoms. The first-order valence-electron chi connectivity index (χ1n) is 42.3. The Hall–Kier alpha value is -10.3. The van der Waals surface area contributed by atoms with Gasteiger partial charge < -0.3 is 45.2 Å². The zero-order valence-corrected chi connectivity index (χ0v) is 87.7. The van der Waals surface area contributed by atoms with E-state index < -0.39 is 0 Å². The number of para-hydroxylation sites is 1. The van der Waals surface area contributed by atoms with Crippen LogP contribution < -0.4 is 41.3 Å².